The first kappa shape index (κ1) is 21.0. The summed E-state index contributed by atoms with van der Waals surface area (Å²) in [7, 11) is 0. The van der Waals surface area contributed by atoms with Crippen LogP contribution >= 0.6 is 0 Å². The molecule has 7 nitrogen and oxygen atoms in total. The Morgan fingerprint density at radius 1 is 1.00 bits per heavy atom. The van der Waals surface area contributed by atoms with E-state index in [2.05, 4.69) is 10.0 Å². The van der Waals surface area contributed by atoms with E-state index in [4.69, 9.17) is 5.73 Å². The van der Waals surface area contributed by atoms with Crippen molar-refractivity contribution in [1.82, 2.24) is 9.80 Å². The molecule has 162 valence electrons. The molecule has 31 heavy (non-hydrogen) atoms. The molecule has 0 spiro atoms. The largest absolute Gasteiger partial charge is 0.368 e. The summed E-state index contributed by atoms with van der Waals surface area (Å²) in [6.07, 6.45) is 0.980. The van der Waals surface area contributed by atoms with Gasteiger partial charge in [0, 0.05) is 44.7 Å². The number of carbonyl (C=O) groups is 2. The van der Waals surface area contributed by atoms with Crippen LogP contribution in [0.3, 0.4) is 0 Å². The maximum absolute atomic E-state index is 14.0. The number of para-hydroxylation sites is 1. The Hall–Kier alpha value is -3.26. The molecule has 1 fully saturated rings. The molecule has 2 N–H and O–H groups in total. The minimum absolute atomic E-state index is 0.169. The van der Waals surface area contributed by atoms with E-state index < -0.39 is 11.9 Å². The summed E-state index contributed by atoms with van der Waals surface area (Å²) >= 11 is 0. The quantitative estimate of drug-likeness (QED) is 0.797. The molecule has 2 heterocycles. The Kier molecular flexibility index (Phi) is 6.27. The van der Waals surface area contributed by atoms with Crippen molar-refractivity contribution in [3.05, 3.63) is 66.0 Å². The molecular formula is C23H26FN5O2. The highest BCUT2D eigenvalue weighted by atomic mass is 19.1. The molecule has 0 aromatic heterocycles. The Morgan fingerprint density at radius 2 is 1.74 bits per heavy atom. The fourth-order valence-electron chi connectivity index (χ4n) is 4.06. The second kappa shape index (κ2) is 9.26. The third-order valence-electron chi connectivity index (χ3n) is 5.73. The van der Waals surface area contributed by atoms with Gasteiger partial charge in [-0.05, 0) is 24.6 Å². The average Bonchev–Trinajstić information content (AvgIpc) is 3.10. The standard InChI is InChI=1S/C23H26FN5O2/c24-19-10-5-4-7-17(19)16-27-11-6-12-28(14-13-27)23(31)20-15-21(22(25)30)29(26-20)18-8-2-1-3-9-18/h1-5,7-10,21H,6,11-16H2,(H2,25,30). The summed E-state index contributed by atoms with van der Waals surface area (Å²) in [6.45, 7) is 3.07. The van der Waals surface area contributed by atoms with Crippen LogP contribution in [0.15, 0.2) is 59.7 Å². The second-order valence-electron chi connectivity index (χ2n) is 7.86. The number of hydrazone groups is 1. The Labute approximate surface area is 180 Å². The number of hydrogen-bond donors (Lipinski definition) is 1. The highest BCUT2D eigenvalue weighted by molar-refractivity contribution is 6.40. The van der Waals surface area contributed by atoms with Crippen molar-refractivity contribution < 1.29 is 14.0 Å². The number of rotatable bonds is 5. The monoisotopic (exact) mass is 423 g/mol. The molecule has 0 bridgehead atoms. The third kappa shape index (κ3) is 4.74. The van der Waals surface area contributed by atoms with Crippen LogP contribution in [0.25, 0.3) is 0 Å². The van der Waals surface area contributed by atoms with Gasteiger partial charge in [-0.3, -0.25) is 19.5 Å². The van der Waals surface area contributed by atoms with Crippen molar-refractivity contribution in [1.29, 1.82) is 0 Å². The lowest BCUT2D eigenvalue weighted by Crippen LogP contribution is -2.41. The number of amides is 2. The van der Waals surface area contributed by atoms with Crippen LogP contribution in [0, 0.1) is 5.82 Å². The van der Waals surface area contributed by atoms with Crippen molar-refractivity contribution in [3.8, 4) is 0 Å². The van der Waals surface area contributed by atoms with Gasteiger partial charge < -0.3 is 10.6 Å². The molecular weight excluding hydrogens is 397 g/mol. The summed E-state index contributed by atoms with van der Waals surface area (Å²) < 4.78 is 14.0. The Bertz CT molecular complexity index is 981. The minimum atomic E-state index is -0.675. The number of nitrogens with two attached hydrogens (primary N) is 1. The first-order valence-electron chi connectivity index (χ1n) is 10.5. The summed E-state index contributed by atoms with van der Waals surface area (Å²) in [6, 6.07) is 15.3. The molecule has 2 aliphatic heterocycles. The van der Waals surface area contributed by atoms with Crippen LogP contribution < -0.4 is 10.7 Å². The Morgan fingerprint density at radius 3 is 2.48 bits per heavy atom. The first-order chi connectivity index (χ1) is 15.0. The fourth-order valence-corrected chi connectivity index (χ4v) is 4.06. The van der Waals surface area contributed by atoms with Gasteiger partial charge in [0.1, 0.15) is 17.6 Å². The zero-order chi connectivity index (χ0) is 21.8. The van der Waals surface area contributed by atoms with Crippen LogP contribution in [0.4, 0.5) is 10.1 Å². The maximum Gasteiger partial charge on any atom is 0.270 e. The van der Waals surface area contributed by atoms with Crippen LogP contribution in [-0.2, 0) is 16.1 Å². The fraction of sp³-hybridized carbons (Fsp3) is 0.348. The van der Waals surface area contributed by atoms with E-state index in [0.29, 0.717) is 37.5 Å². The van der Waals surface area contributed by atoms with Gasteiger partial charge >= 0.3 is 0 Å². The number of halogens is 1. The van der Waals surface area contributed by atoms with Crippen LogP contribution in [-0.4, -0.2) is 59.5 Å². The molecule has 1 atom stereocenters. The summed E-state index contributed by atoms with van der Waals surface area (Å²) in [5.74, 6) is -0.891. The van der Waals surface area contributed by atoms with Crippen molar-refractivity contribution >= 4 is 23.2 Å². The molecule has 2 amide bonds. The van der Waals surface area contributed by atoms with Gasteiger partial charge in [-0.25, -0.2) is 4.39 Å². The van der Waals surface area contributed by atoms with Crippen molar-refractivity contribution in [2.45, 2.75) is 25.4 Å². The Balaban J connectivity index is 1.43. The third-order valence-corrected chi connectivity index (χ3v) is 5.73. The van der Waals surface area contributed by atoms with E-state index in [1.807, 2.05) is 36.4 Å². The number of anilines is 1. The highest BCUT2D eigenvalue weighted by Gasteiger charge is 2.36. The van der Waals surface area contributed by atoms with E-state index in [9.17, 15) is 14.0 Å². The van der Waals surface area contributed by atoms with Crippen molar-refractivity contribution in [2.24, 2.45) is 10.8 Å². The molecule has 8 heteroatoms. The molecule has 1 unspecified atom stereocenters. The zero-order valence-electron chi connectivity index (χ0n) is 17.3. The van der Waals surface area contributed by atoms with Crippen LogP contribution in [0.5, 0.6) is 0 Å². The lowest BCUT2D eigenvalue weighted by atomic mass is 10.1. The SMILES string of the molecule is NC(=O)C1CC(C(=O)N2CCCN(Cc3ccccc3F)CC2)=NN1c1ccccc1. The molecule has 0 radical (unpaired) electrons. The van der Waals surface area contributed by atoms with Gasteiger partial charge in [0.15, 0.2) is 0 Å². The van der Waals surface area contributed by atoms with Gasteiger partial charge in [0.25, 0.3) is 5.91 Å². The van der Waals surface area contributed by atoms with E-state index in [1.165, 1.54) is 11.1 Å². The molecule has 2 aromatic rings. The van der Waals surface area contributed by atoms with Gasteiger partial charge in [-0.15, -0.1) is 0 Å². The predicted molar refractivity (Wildman–Crippen MR) is 117 cm³/mol. The lowest BCUT2D eigenvalue weighted by Gasteiger charge is -2.22. The van der Waals surface area contributed by atoms with Crippen LogP contribution in [0.2, 0.25) is 0 Å². The van der Waals surface area contributed by atoms with E-state index in [-0.39, 0.29) is 18.1 Å². The van der Waals surface area contributed by atoms with Crippen molar-refractivity contribution in [2.75, 3.05) is 31.2 Å². The number of carbonyl (C=O) groups excluding carboxylic acids is 2. The van der Waals surface area contributed by atoms with E-state index >= 15 is 0 Å². The maximum atomic E-state index is 14.0. The van der Waals surface area contributed by atoms with Gasteiger partial charge in [0.05, 0.1) is 5.69 Å². The number of hydrogen-bond acceptors (Lipinski definition) is 5. The zero-order valence-corrected chi connectivity index (χ0v) is 17.3. The summed E-state index contributed by atoms with van der Waals surface area (Å²) in [4.78, 5) is 29.1. The molecule has 1 saturated heterocycles. The number of benzene rings is 2. The normalized spacial score (nSPS) is 19.8. The van der Waals surface area contributed by atoms with E-state index in [1.54, 1.807) is 17.0 Å². The van der Waals surface area contributed by atoms with Crippen molar-refractivity contribution in [3.63, 3.8) is 0 Å². The number of primary amides is 1. The minimum Gasteiger partial charge on any atom is -0.368 e. The summed E-state index contributed by atoms with van der Waals surface area (Å²) in [5.41, 5.74) is 7.30. The van der Waals surface area contributed by atoms with Gasteiger partial charge in [-0.2, -0.15) is 5.10 Å². The smallest absolute Gasteiger partial charge is 0.270 e. The molecule has 0 aliphatic carbocycles. The lowest BCUT2D eigenvalue weighted by molar-refractivity contribution is -0.124. The molecule has 2 aliphatic rings. The van der Waals surface area contributed by atoms with Gasteiger partial charge in [0.2, 0.25) is 5.91 Å². The molecule has 0 saturated carbocycles. The van der Waals surface area contributed by atoms with E-state index in [0.717, 1.165) is 18.7 Å². The number of nitrogens with zero attached hydrogens (tertiary/aromatic N) is 4. The van der Waals surface area contributed by atoms with Gasteiger partial charge in [-0.1, -0.05) is 36.4 Å². The predicted octanol–water partition coefficient (Wildman–Crippen LogP) is 1.98. The molecule has 4 rings (SSSR count). The first-order valence-corrected chi connectivity index (χ1v) is 10.5. The molecule has 2 aromatic carbocycles. The summed E-state index contributed by atoms with van der Waals surface area (Å²) in [5, 5.41) is 6.00. The average molecular weight is 423 g/mol. The van der Waals surface area contributed by atoms with Crippen LogP contribution in [0.1, 0.15) is 18.4 Å². The topological polar surface area (TPSA) is 82.2 Å². The second-order valence-corrected chi connectivity index (χ2v) is 7.86. The highest BCUT2D eigenvalue weighted by Crippen LogP contribution is 2.25.